The number of carboxylic acid groups (broad SMARTS) is 1. The van der Waals surface area contributed by atoms with Crippen LogP contribution in [0.2, 0.25) is 0 Å². The fourth-order valence-electron chi connectivity index (χ4n) is 3.68. The maximum atomic E-state index is 13.3. The zero-order valence-electron chi connectivity index (χ0n) is 12.8. The molecular formula is C17H20BrNO4. The standard InChI is InChI=1S/C17H20BrNO4/c18-13-5-3-4-12(10-13)17(6-1-2-7-17)16(22)19-8-9-23-14(11-19)15(20)21/h3-5,10,14H,1-2,6-9,11H2,(H,20,21). The first-order valence-electron chi connectivity index (χ1n) is 7.93. The molecule has 6 heteroatoms. The Morgan fingerprint density at radius 1 is 1.30 bits per heavy atom. The van der Waals surface area contributed by atoms with E-state index in [-0.39, 0.29) is 19.1 Å². The van der Waals surface area contributed by atoms with E-state index in [1.165, 1.54) is 0 Å². The second-order valence-electron chi connectivity index (χ2n) is 6.25. The Balaban J connectivity index is 1.89. The Morgan fingerprint density at radius 3 is 2.70 bits per heavy atom. The van der Waals surface area contributed by atoms with Crippen LogP contribution < -0.4 is 0 Å². The summed E-state index contributed by atoms with van der Waals surface area (Å²) in [5.74, 6) is -0.965. The van der Waals surface area contributed by atoms with Crippen LogP contribution in [0.4, 0.5) is 0 Å². The Kier molecular flexibility index (Phi) is 4.73. The number of benzene rings is 1. The summed E-state index contributed by atoms with van der Waals surface area (Å²) in [6.07, 6.45) is 2.75. The summed E-state index contributed by atoms with van der Waals surface area (Å²) < 4.78 is 6.20. The first kappa shape index (κ1) is 16.5. The summed E-state index contributed by atoms with van der Waals surface area (Å²) in [6, 6.07) is 7.92. The Hall–Kier alpha value is -1.40. The molecule has 1 saturated heterocycles. The number of halogens is 1. The zero-order valence-corrected chi connectivity index (χ0v) is 14.4. The third-order valence-electron chi connectivity index (χ3n) is 4.87. The van der Waals surface area contributed by atoms with Gasteiger partial charge in [-0.25, -0.2) is 4.79 Å². The number of morpholine rings is 1. The minimum Gasteiger partial charge on any atom is -0.479 e. The van der Waals surface area contributed by atoms with Crippen molar-refractivity contribution in [3.8, 4) is 0 Å². The van der Waals surface area contributed by atoms with Crippen molar-refractivity contribution in [2.24, 2.45) is 0 Å². The highest BCUT2D eigenvalue weighted by Crippen LogP contribution is 2.43. The number of hydrogen-bond donors (Lipinski definition) is 1. The van der Waals surface area contributed by atoms with Crippen molar-refractivity contribution in [1.29, 1.82) is 0 Å². The van der Waals surface area contributed by atoms with Gasteiger partial charge in [0.15, 0.2) is 6.10 Å². The van der Waals surface area contributed by atoms with Crippen LogP contribution in [0.1, 0.15) is 31.2 Å². The van der Waals surface area contributed by atoms with E-state index in [9.17, 15) is 9.59 Å². The predicted molar refractivity (Wildman–Crippen MR) is 88.2 cm³/mol. The normalized spacial score (nSPS) is 23.7. The molecule has 1 aromatic rings. The molecule has 3 rings (SSSR count). The molecule has 1 saturated carbocycles. The summed E-state index contributed by atoms with van der Waals surface area (Å²) in [4.78, 5) is 26.1. The molecule has 1 amide bonds. The number of aliphatic carboxylic acids is 1. The van der Waals surface area contributed by atoms with Gasteiger partial charge in [-0.1, -0.05) is 40.9 Å². The smallest absolute Gasteiger partial charge is 0.334 e. The summed E-state index contributed by atoms with van der Waals surface area (Å²) in [6.45, 7) is 0.861. The van der Waals surface area contributed by atoms with Gasteiger partial charge in [0, 0.05) is 11.0 Å². The molecule has 1 unspecified atom stereocenters. The van der Waals surface area contributed by atoms with Gasteiger partial charge < -0.3 is 14.7 Å². The lowest BCUT2D eigenvalue weighted by atomic mass is 9.77. The van der Waals surface area contributed by atoms with E-state index in [2.05, 4.69) is 15.9 Å². The second kappa shape index (κ2) is 6.61. The summed E-state index contributed by atoms with van der Waals surface area (Å²) in [5, 5.41) is 9.15. The molecule has 2 fully saturated rings. The summed E-state index contributed by atoms with van der Waals surface area (Å²) in [7, 11) is 0. The number of carboxylic acids is 1. The lowest BCUT2D eigenvalue weighted by Crippen LogP contribution is -2.54. The number of carbonyl (C=O) groups is 2. The van der Waals surface area contributed by atoms with Gasteiger partial charge in [-0.3, -0.25) is 4.79 Å². The van der Waals surface area contributed by atoms with Gasteiger partial charge in [-0.15, -0.1) is 0 Å². The van der Waals surface area contributed by atoms with Gasteiger partial charge in [0.25, 0.3) is 0 Å². The van der Waals surface area contributed by atoms with Crippen molar-refractivity contribution in [3.63, 3.8) is 0 Å². The van der Waals surface area contributed by atoms with E-state index < -0.39 is 17.5 Å². The minimum atomic E-state index is -1.01. The van der Waals surface area contributed by atoms with Gasteiger partial charge >= 0.3 is 5.97 Å². The van der Waals surface area contributed by atoms with Crippen LogP contribution in [0.5, 0.6) is 0 Å². The third-order valence-corrected chi connectivity index (χ3v) is 5.37. The highest BCUT2D eigenvalue weighted by molar-refractivity contribution is 9.10. The number of nitrogens with zero attached hydrogens (tertiary/aromatic N) is 1. The average molecular weight is 382 g/mol. The number of amides is 1. The molecule has 124 valence electrons. The van der Waals surface area contributed by atoms with Gasteiger partial charge in [-0.2, -0.15) is 0 Å². The van der Waals surface area contributed by atoms with Crippen molar-refractivity contribution < 1.29 is 19.4 Å². The number of hydrogen-bond acceptors (Lipinski definition) is 3. The van der Waals surface area contributed by atoms with Gasteiger partial charge in [0.05, 0.1) is 18.6 Å². The number of rotatable bonds is 3. The molecule has 1 heterocycles. The van der Waals surface area contributed by atoms with Crippen molar-refractivity contribution in [1.82, 2.24) is 4.90 Å². The lowest BCUT2D eigenvalue weighted by Gasteiger charge is -2.38. The molecule has 0 bridgehead atoms. The minimum absolute atomic E-state index is 0.0441. The lowest BCUT2D eigenvalue weighted by molar-refractivity contribution is -0.161. The molecule has 1 aromatic carbocycles. The third kappa shape index (κ3) is 3.15. The van der Waals surface area contributed by atoms with Crippen LogP contribution in [0.3, 0.4) is 0 Å². The maximum absolute atomic E-state index is 13.3. The molecule has 1 atom stereocenters. The quantitative estimate of drug-likeness (QED) is 0.873. The van der Waals surface area contributed by atoms with E-state index in [0.717, 1.165) is 35.7 Å². The monoisotopic (exact) mass is 381 g/mol. The van der Waals surface area contributed by atoms with Crippen LogP contribution in [-0.2, 0) is 19.7 Å². The summed E-state index contributed by atoms with van der Waals surface area (Å²) >= 11 is 3.48. The molecule has 1 N–H and O–H groups in total. The fourth-order valence-corrected chi connectivity index (χ4v) is 4.08. The first-order chi connectivity index (χ1) is 11.0. The van der Waals surface area contributed by atoms with Crippen LogP contribution >= 0.6 is 15.9 Å². The molecule has 2 aliphatic rings. The SMILES string of the molecule is O=C(O)C1CN(C(=O)C2(c3cccc(Br)c3)CCCC2)CCO1. The molecule has 1 aliphatic carbocycles. The van der Waals surface area contributed by atoms with E-state index in [4.69, 9.17) is 9.84 Å². The fraction of sp³-hybridized carbons (Fsp3) is 0.529. The Morgan fingerprint density at radius 2 is 2.04 bits per heavy atom. The van der Waals surface area contributed by atoms with Crippen LogP contribution in [-0.4, -0.2) is 47.7 Å². The largest absolute Gasteiger partial charge is 0.479 e. The van der Waals surface area contributed by atoms with Crippen LogP contribution in [0.25, 0.3) is 0 Å². The molecule has 0 aromatic heterocycles. The molecular weight excluding hydrogens is 362 g/mol. The van der Waals surface area contributed by atoms with Crippen molar-refractivity contribution in [2.45, 2.75) is 37.2 Å². The van der Waals surface area contributed by atoms with Crippen molar-refractivity contribution in [2.75, 3.05) is 19.7 Å². The molecule has 1 aliphatic heterocycles. The topological polar surface area (TPSA) is 66.8 Å². The maximum Gasteiger partial charge on any atom is 0.334 e. The average Bonchev–Trinajstić information content (AvgIpc) is 3.05. The Labute approximate surface area is 143 Å². The molecule has 0 radical (unpaired) electrons. The van der Waals surface area contributed by atoms with Gasteiger partial charge in [0.1, 0.15) is 0 Å². The van der Waals surface area contributed by atoms with Crippen LogP contribution in [0.15, 0.2) is 28.7 Å². The zero-order chi connectivity index (χ0) is 16.4. The first-order valence-corrected chi connectivity index (χ1v) is 8.72. The Bertz CT molecular complexity index is 612. The number of ether oxygens (including phenoxy) is 1. The number of carbonyl (C=O) groups excluding carboxylic acids is 1. The highest BCUT2D eigenvalue weighted by atomic mass is 79.9. The summed E-state index contributed by atoms with van der Waals surface area (Å²) in [5.41, 5.74) is 0.497. The van der Waals surface area contributed by atoms with Crippen molar-refractivity contribution >= 4 is 27.8 Å². The van der Waals surface area contributed by atoms with E-state index in [1.54, 1.807) is 4.90 Å². The van der Waals surface area contributed by atoms with Crippen LogP contribution in [0, 0.1) is 0 Å². The van der Waals surface area contributed by atoms with E-state index in [1.807, 2.05) is 24.3 Å². The van der Waals surface area contributed by atoms with E-state index in [0.29, 0.717) is 6.54 Å². The predicted octanol–water partition coefficient (Wildman–Crippen LogP) is 2.57. The molecule has 23 heavy (non-hydrogen) atoms. The van der Waals surface area contributed by atoms with E-state index >= 15 is 0 Å². The molecule has 0 spiro atoms. The second-order valence-corrected chi connectivity index (χ2v) is 7.16. The van der Waals surface area contributed by atoms with Crippen molar-refractivity contribution in [3.05, 3.63) is 34.3 Å². The van der Waals surface area contributed by atoms with Gasteiger partial charge in [-0.05, 0) is 30.5 Å². The van der Waals surface area contributed by atoms with Gasteiger partial charge in [0.2, 0.25) is 5.91 Å². The molecule has 5 nitrogen and oxygen atoms in total. The highest BCUT2D eigenvalue weighted by Gasteiger charge is 2.46.